The Bertz CT molecular complexity index is 547. The molecule has 1 fully saturated rings. The van der Waals surface area contributed by atoms with E-state index in [1.54, 1.807) is 24.3 Å². The number of hydrogen-bond donors (Lipinski definition) is 3. The van der Waals surface area contributed by atoms with Crippen LogP contribution in [0.2, 0.25) is 5.02 Å². The van der Waals surface area contributed by atoms with Gasteiger partial charge in [-0.1, -0.05) is 23.7 Å². The number of rotatable bonds is 5. The number of nitrogens with one attached hydrogen (secondary N) is 2. The molecule has 1 aromatic rings. The maximum absolute atomic E-state index is 14.6. The normalized spacial score (nSPS) is 24.0. The molecule has 0 spiro atoms. The third-order valence-corrected chi connectivity index (χ3v) is 3.68. The summed E-state index contributed by atoms with van der Waals surface area (Å²) in [4.78, 5) is 21.8. The number of amides is 2. The Balaban J connectivity index is 1.78. The van der Waals surface area contributed by atoms with E-state index in [2.05, 4.69) is 10.6 Å². The Morgan fingerprint density at radius 1 is 1.43 bits per heavy atom. The molecule has 2 amide bonds. The van der Waals surface area contributed by atoms with Gasteiger partial charge in [0, 0.05) is 30.5 Å². The maximum atomic E-state index is 14.6. The lowest BCUT2D eigenvalue weighted by Gasteiger charge is -2.42. The third kappa shape index (κ3) is 4.07. The van der Waals surface area contributed by atoms with Gasteiger partial charge in [0.15, 0.2) is 0 Å². The van der Waals surface area contributed by atoms with Crippen molar-refractivity contribution >= 4 is 23.6 Å². The lowest BCUT2D eigenvalue weighted by Crippen LogP contribution is -2.53. The highest BCUT2D eigenvalue weighted by Crippen LogP contribution is 2.45. The maximum Gasteiger partial charge on any atom is 0.315 e. The fourth-order valence-electron chi connectivity index (χ4n) is 2.35. The van der Waals surface area contributed by atoms with Crippen LogP contribution in [0.3, 0.4) is 0 Å². The Labute approximate surface area is 126 Å². The monoisotopic (exact) mass is 314 g/mol. The van der Waals surface area contributed by atoms with Crippen molar-refractivity contribution in [3.63, 3.8) is 0 Å². The van der Waals surface area contributed by atoms with Gasteiger partial charge in [-0.2, -0.15) is 0 Å². The molecule has 1 aliphatic carbocycles. The molecule has 0 aliphatic heterocycles. The molecule has 5 nitrogen and oxygen atoms in total. The molecule has 2 rings (SSSR count). The number of carboxylic acid groups (broad SMARTS) is 1. The van der Waals surface area contributed by atoms with Crippen LogP contribution < -0.4 is 10.6 Å². The van der Waals surface area contributed by atoms with Crippen molar-refractivity contribution in [1.82, 2.24) is 10.6 Å². The van der Waals surface area contributed by atoms with Crippen LogP contribution in [0.15, 0.2) is 24.3 Å². The number of carbonyl (C=O) groups is 2. The van der Waals surface area contributed by atoms with E-state index in [9.17, 15) is 14.0 Å². The summed E-state index contributed by atoms with van der Waals surface area (Å²) in [7, 11) is 0. The zero-order valence-corrected chi connectivity index (χ0v) is 12.0. The predicted octanol–water partition coefficient (Wildman–Crippen LogP) is 2.44. The van der Waals surface area contributed by atoms with E-state index in [4.69, 9.17) is 16.7 Å². The molecule has 7 heteroatoms. The van der Waals surface area contributed by atoms with Crippen molar-refractivity contribution < 1.29 is 19.1 Å². The molecule has 3 N–H and O–H groups in total. The summed E-state index contributed by atoms with van der Waals surface area (Å²) in [5, 5.41) is 14.0. The van der Waals surface area contributed by atoms with Gasteiger partial charge in [-0.05, 0) is 17.7 Å². The molecule has 0 saturated heterocycles. The first kappa shape index (κ1) is 15.6. The van der Waals surface area contributed by atoms with Gasteiger partial charge in [0.25, 0.3) is 0 Å². The Hall–Kier alpha value is -1.82. The highest BCUT2D eigenvalue weighted by atomic mass is 35.5. The lowest BCUT2D eigenvalue weighted by molar-refractivity contribution is -0.136. The number of aliphatic carboxylic acids is 1. The van der Waals surface area contributed by atoms with Crippen LogP contribution in [0, 0.1) is 0 Å². The van der Waals surface area contributed by atoms with Crippen LogP contribution in [-0.4, -0.2) is 29.7 Å². The molecule has 0 unspecified atom stereocenters. The summed E-state index contributed by atoms with van der Waals surface area (Å²) >= 11 is 5.84. The zero-order chi connectivity index (χ0) is 15.5. The molecular formula is C14H16ClFN2O3. The number of hydrogen-bond acceptors (Lipinski definition) is 2. The summed E-state index contributed by atoms with van der Waals surface area (Å²) in [6.07, 6.45) is 0.215. The average Bonchev–Trinajstić information content (AvgIpc) is 2.36. The highest BCUT2D eigenvalue weighted by Gasteiger charge is 2.46. The van der Waals surface area contributed by atoms with Crippen molar-refractivity contribution in [2.75, 3.05) is 6.54 Å². The number of urea groups is 1. The zero-order valence-electron chi connectivity index (χ0n) is 11.2. The van der Waals surface area contributed by atoms with E-state index in [-0.39, 0.29) is 31.8 Å². The second-order valence-electron chi connectivity index (χ2n) is 5.12. The van der Waals surface area contributed by atoms with E-state index in [0.29, 0.717) is 10.6 Å². The molecule has 0 bridgehead atoms. The molecule has 1 aromatic carbocycles. The fraction of sp³-hybridized carbons (Fsp3) is 0.429. The van der Waals surface area contributed by atoms with E-state index in [0.717, 1.165) is 0 Å². The van der Waals surface area contributed by atoms with Crippen LogP contribution >= 0.6 is 11.6 Å². The van der Waals surface area contributed by atoms with Crippen molar-refractivity contribution in [3.8, 4) is 0 Å². The van der Waals surface area contributed by atoms with Gasteiger partial charge in [0.1, 0.15) is 5.67 Å². The Morgan fingerprint density at radius 2 is 2.14 bits per heavy atom. The van der Waals surface area contributed by atoms with Gasteiger partial charge in [-0.3, -0.25) is 4.79 Å². The quantitative estimate of drug-likeness (QED) is 0.781. The van der Waals surface area contributed by atoms with Gasteiger partial charge in [-0.25, -0.2) is 9.18 Å². The summed E-state index contributed by atoms with van der Waals surface area (Å²) in [6, 6.07) is 5.89. The predicted molar refractivity (Wildman–Crippen MR) is 76.0 cm³/mol. The molecule has 0 atom stereocenters. The average molecular weight is 315 g/mol. The third-order valence-electron chi connectivity index (χ3n) is 3.44. The van der Waals surface area contributed by atoms with Gasteiger partial charge in [-0.15, -0.1) is 0 Å². The van der Waals surface area contributed by atoms with Crippen molar-refractivity contribution in [1.29, 1.82) is 0 Å². The minimum absolute atomic E-state index is 0.0446. The van der Waals surface area contributed by atoms with Crippen LogP contribution in [0.25, 0.3) is 0 Å². The Morgan fingerprint density at radius 3 is 2.76 bits per heavy atom. The largest absolute Gasteiger partial charge is 0.481 e. The van der Waals surface area contributed by atoms with Gasteiger partial charge in [0.2, 0.25) is 0 Å². The first-order valence-electron chi connectivity index (χ1n) is 6.60. The van der Waals surface area contributed by atoms with Crippen LogP contribution in [0.4, 0.5) is 9.18 Å². The molecule has 114 valence electrons. The van der Waals surface area contributed by atoms with E-state index in [1.807, 2.05) is 0 Å². The van der Waals surface area contributed by atoms with Crippen molar-refractivity contribution in [2.24, 2.45) is 0 Å². The molecule has 1 aliphatic rings. The minimum atomic E-state index is -1.47. The van der Waals surface area contributed by atoms with Crippen molar-refractivity contribution in [2.45, 2.75) is 31.0 Å². The van der Waals surface area contributed by atoms with Gasteiger partial charge >= 0.3 is 12.0 Å². The van der Waals surface area contributed by atoms with Crippen LogP contribution in [0.1, 0.15) is 24.8 Å². The van der Waals surface area contributed by atoms with Crippen molar-refractivity contribution in [3.05, 3.63) is 34.9 Å². The summed E-state index contributed by atoms with van der Waals surface area (Å²) in [6.45, 7) is 0.0446. The van der Waals surface area contributed by atoms with E-state index in [1.165, 1.54) is 0 Å². The smallest absolute Gasteiger partial charge is 0.315 e. The molecule has 0 aromatic heterocycles. The molecule has 0 radical (unpaired) electrons. The van der Waals surface area contributed by atoms with E-state index < -0.39 is 17.7 Å². The minimum Gasteiger partial charge on any atom is -0.481 e. The summed E-state index contributed by atoms with van der Waals surface area (Å²) < 4.78 is 14.6. The second-order valence-corrected chi connectivity index (χ2v) is 5.56. The Kier molecular flexibility index (Phi) is 4.67. The fourth-order valence-corrected chi connectivity index (χ4v) is 2.54. The highest BCUT2D eigenvalue weighted by molar-refractivity contribution is 6.30. The molecule has 0 heterocycles. The van der Waals surface area contributed by atoms with Crippen LogP contribution in [0.5, 0.6) is 0 Å². The molecular weight excluding hydrogens is 299 g/mol. The summed E-state index contributed by atoms with van der Waals surface area (Å²) in [5.74, 6) is -0.984. The van der Waals surface area contributed by atoms with Crippen LogP contribution in [-0.2, 0) is 10.5 Å². The summed E-state index contributed by atoms with van der Waals surface area (Å²) in [5.41, 5.74) is -0.955. The number of halogens is 2. The second kappa shape index (κ2) is 6.30. The van der Waals surface area contributed by atoms with Gasteiger partial charge in [0.05, 0.1) is 6.42 Å². The number of benzene rings is 1. The lowest BCUT2D eigenvalue weighted by atomic mass is 9.73. The topological polar surface area (TPSA) is 78.4 Å². The SMILES string of the molecule is O=C(O)CCNC(=O)NC1CC(F)(c2cccc(Cl)c2)C1. The standard InChI is InChI=1S/C14H16ClFN2O3/c15-10-3-1-2-9(6-10)14(16)7-11(8-14)18-13(21)17-5-4-12(19)20/h1-3,6,11H,4-5,7-8H2,(H,19,20)(H2,17,18,21). The number of carbonyl (C=O) groups excluding carboxylic acids is 1. The van der Waals surface area contributed by atoms with Gasteiger partial charge < -0.3 is 15.7 Å². The first-order valence-corrected chi connectivity index (χ1v) is 6.98. The van der Waals surface area contributed by atoms with E-state index >= 15 is 0 Å². The first-order chi connectivity index (χ1) is 9.89. The number of alkyl halides is 1. The number of carboxylic acids is 1. The molecule has 1 saturated carbocycles. The molecule has 21 heavy (non-hydrogen) atoms.